The number of hydrogen-bond donors (Lipinski definition) is 3. The van der Waals surface area contributed by atoms with Crippen molar-refractivity contribution in [3.63, 3.8) is 0 Å². The van der Waals surface area contributed by atoms with E-state index in [4.69, 9.17) is 4.74 Å². The van der Waals surface area contributed by atoms with Gasteiger partial charge in [-0.2, -0.15) is 0 Å². The number of carbonyl (C=O) groups is 2. The van der Waals surface area contributed by atoms with Crippen LogP contribution in [0.15, 0.2) is 12.2 Å². The highest BCUT2D eigenvalue weighted by atomic mass is 16.5. The average Bonchev–Trinajstić information content (AvgIpc) is 3.39. The standard InChI is InChI=1S/C67H131NO5/c1-3-5-7-9-11-13-15-17-19-21-22-25-28-31-35-39-43-47-51-55-59-65(70)64(63-69)68-66(71)60-56-52-48-44-40-36-32-29-26-23-24-27-30-34-38-42-46-50-54-58-62-73-67(72)61-57-53-49-45-41-37-33-20-18-16-14-12-10-8-6-4-2/h55,59,64-65,69-70H,3-54,56-58,60-63H2,1-2H3,(H,68,71)/b59-55+. The maximum absolute atomic E-state index is 12.5. The molecule has 434 valence electrons. The molecule has 2 atom stereocenters. The smallest absolute Gasteiger partial charge is 0.305 e. The van der Waals surface area contributed by atoms with Crippen molar-refractivity contribution in [2.24, 2.45) is 0 Å². The van der Waals surface area contributed by atoms with Crippen LogP contribution in [0.5, 0.6) is 0 Å². The molecule has 0 fully saturated rings. The number of rotatable bonds is 63. The SMILES string of the molecule is CCCCCCCCCCCCCCCCCCCC/C=C/C(O)C(CO)NC(=O)CCCCCCCCCCCCCCCCCCCCCCOC(=O)CCCCCCCCCCCCCCCCCC. The van der Waals surface area contributed by atoms with E-state index in [0.29, 0.717) is 19.4 Å². The Balaban J connectivity index is 3.40. The quantitative estimate of drug-likeness (QED) is 0.0320. The summed E-state index contributed by atoms with van der Waals surface area (Å²) in [4.78, 5) is 24.6. The van der Waals surface area contributed by atoms with Crippen molar-refractivity contribution in [2.45, 2.75) is 392 Å². The van der Waals surface area contributed by atoms with Gasteiger partial charge in [-0.25, -0.2) is 0 Å². The lowest BCUT2D eigenvalue weighted by Crippen LogP contribution is -2.45. The summed E-state index contributed by atoms with van der Waals surface area (Å²) in [6.07, 6.45) is 76.9. The zero-order valence-electron chi connectivity index (χ0n) is 49.6. The number of esters is 1. The van der Waals surface area contributed by atoms with Gasteiger partial charge in [0.25, 0.3) is 0 Å². The summed E-state index contributed by atoms with van der Waals surface area (Å²) in [7, 11) is 0. The monoisotopic (exact) mass is 1030 g/mol. The first-order chi connectivity index (χ1) is 36.0. The van der Waals surface area contributed by atoms with Gasteiger partial charge in [0.1, 0.15) is 0 Å². The number of carbonyl (C=O) groups excluding carboxylic acids is 2. The molecule has 3 N–H and O–H groups in total. The normalized spacial score (nSPS) is 12.5. The van der Waals surface area contributed by atoms with Gasteiger partial charge in [-0.3, -0.25) is 9.59 Å². The van der Waals surface area contributed by atoms with E-state index < -0.39 is 12.1 Å². The molecule has 0 bridgehead atoms. The molecule has 0 saturated carbocycles. The molecule has 0 heterocycles. The molecule has 6 nitrogen and oxygen atoms in total. The molecular formula is C67H131NO5. The van der Waals surface area contributed by atoms with Crippen LogP contribution in [0.2, 0.25) is 0 Å². The van der Waals surface area contributed by atoms with Crippen LogP contribution in [0.25, 0.3) is 0 Å². The summed E-state index contributed by atoms with van der Waals surface area (Å²) in [6, 6.07) is -0.629. The molecule has 6 heteroatoms. The van der Waals surface area contributed by atoms with Crippen molar-refractivity contribution in [2.75, 3.05) is 13.2 Å². The lowest BCUT2D eigenvalue weighted by atomic mass is 10.0. The molecule has 0 aromatic carbocycles. The second-order valence-corrected chi connectivity index (χ2v) is 23.2. The molecular weight excluding hydrogens is 899 g/mol. The van der Waals surface area contributed by atoms with Crippen LogP contribution in [-0.4, -0.2) is 47.4 Å². The molecule has 0 aliphatic rings. The lowest BCUT2D eigenvalue weighted by molar-refractivity contribution is -0.143. The van der Waals surface area contributed by atoms with Crippen molar-refractivity contribution in [1.82, 2.24) is 5.32 Å². The topological polar surface area (TPSA) is 95.9 Å². The lowest BCUT2D eigenvalue weighted by Gasteiger charge is -2.20. The summed E-state index contributed by atoms with van der Waals surface area (Å²) in [5, 5.41) is 23.2. The number of allylic oxidation sites excluding steroid dienone is 1. The van der Waals surface area contributed by atoms with Crippen LogP contribution in [0.1, 0.15) is 380 Å². The van der Waals surface area contributed by atoms with Gasteiger partial charge < -0.3 is 20.3 Å². The Bertz CT molecular complexity index is 1100. The van der Waals surface area contributed by atoms with E-state index in [1.165, 1.54) is 315 Å². The first kappa shape index (κ1) is 71.6. The highest BCUT2D eigenvalue weighted by Gasteiger charge is 2.18. The van der Waals surface area contributed by atoms with E-state index >= 15 is 0 Å². The van der Waals surface area contributed by atoms with Crippen molar-refractivity contribution in [3.05, 3.63) is 12.2 Å². The number of amides is 1. The Morgan fingerprint density at radius 1 is 0.370 bits per heavy atom. The highest BCUT2D eigenvalue weighted by molar-refractivity contribution is 5.76. The second kappa shape index (κ2) is 63.1. The average molecular weight is 1030 g/mol. The second-order valence-electron chi connectivity index (χ2n) is 23.2. The highest BCUT2D eigenvalue weighted by Crippen LogP contribution is 2.19. The summed E-state index contributed by atoms with van der Waals surface area (Å²) in [5.74, 6) is -0.0512. The molecule has 0 spiro atoms. The van der Waals surface area contributed by atoms with E-state index in [1.807, 2.05) is 6.08 Å². The van der Waals surface area contributed by atoms with E-state index in [-0.39, 0.29) is 18.5 Å². The van der Waals surface area contributed by atoms with Crippen LogP contribution >= 0.6 is 0 Å². The third-order valence-electron chi connectivity index (χ3n) is 15.8. The Morgan fingerprint density at radius 3 is 0.932 bits per heavy atom. The number of aliphatic hydroxyl groups excluding tert-OH is 2. The molecule has 0 aromatic rings. The molecule has 0 radical (unpaired) electrons. The van der Waals surface area contributed by atoms with Crippen molar-refractivity contribution < 1.29 is 24.5 Å². The number of hydrogen-bond acceptors (Lipinski definition) is 5. The maximum atomic E-state index is 12.5. The molecule has 0 saturated heterocycles. The van der Waals surface area contributed by atoms with Crippen molar-refractivity contribution in [3.8, 4) is 0 Å². The molecule has 73 heavy (non-hydrogen) atoms. The fourth-order valence-electron chi connectivity index (χ4n) is 10.7. The van der Waals surface area contributed by atoms with Crippen molar-refractivity contribution in [1.29, 1.82) is 0 Å². The Labute approximate surface area is 457 Å². The minimum atomic E-state index is -0.846. The van der Waals surface area contributed by atoms with Crippen LogP contribution in [0.3, 0.4) is 0 Å². The molecule has 1 amide bonds. The van der Waals surface area contributed by atoms with Crippen LogP contribution in [0.4, 0.5) is 0 Å². The Kier molecular flexibility index (Phi) is 61.9. The van der Waals surface area contributed by atoms with Crippen LogP contribution in [-0.2, 0) is 14.3 Å². The summed E-state index contributed by atoms with van der Waals surface area (Å²) < 4.78 is 5.50. The molecule has 2 unspecified atom stereocenters. The predicted octanol–water partition coefficient (Wildman–Crippen LogP) is 21.2. The summed E-state index contributed by atoms with van der Waals surface area (Å²) in [6.45, 7) is 4.94. The van der Waals surface area contributed by atoms with E-state index in [0.717, 1.165) is 38.5 Å². The van der Waals surface area contributed by atoms with Gasteiger partial charge in [0.15, 0.2) is 0 Å². The molecule has 0 rings (SSSR count). The van der Waals surface area contributed by atoms with E-state index in [2.05, 4.69) is 19.2 Å². The minimum absolute atomic E-state index is 0.0144. The van der Waals surface area contributed by atoms with Gasteiger partial charge in [-0.05, 0) is 32.1 Å². The maximum Gasteiger partial charge on any atom is 0.305 e. The van der Waals surface area contributed by atoms with Gasteiger partial charge in [0, 0.05) is 12.8 Å². The van der Waals surface area contributed by atoms with Gasteiger partial charge in [-0.15, -0.1) is 0 Å². The van der Waals surface area contributed by atoms with Gasteiger partial charge in [0.2, 0.25) is 5.91 Å². The first-order valence-corrected chi connectivity index (χ1v) is 33.5. The number of unbranched alkanes of at least 4 members (excludes halogenated alkanes) is 52. The fourth-order valence-corrected chi connectivity index (χ4v) is 10.7. The number of aliphatic hydroxyl groups is 2. The zero-order valence-corrected chi connectivity index (χ0v) is 49.6. The van der Waals surface area contributed by atoms with E-state index in [1.54, 1.807) is 6.08 Å². The fraction of sp³-hybridized carbons (Fsp3) is 0.940. The third kappa shape index (κ3) is 59.7. The minimum Gasteiger partial charge on any atom is -0.466 e. The summed E-state index contributed by atoms with van der Waals surface area (Å²) in [5.41, 5.74) is 0. The van der Waals surface area contributed by atoms with Crippen LogP contribution < -0.4 is 5.32 Å². The largest absolute Gasteiger partial charge is 0.466 e. The van der Waals surface area contributed by atoms with Gasteiger partial charge >= 0.3 is 5.97 Å². The number of ether oxygens (including phenoxy) is 1. The Morgan fingerprint density at radius 2 is 0.630 bits per heavy atom. The summed E-state index contributed by atoms with van der Waals surface area (Å²) >= 11 is 0. The zero-order chi connectivity index (χ0) is 52.9. The molecule has 0 aromatic heterocycles. The third-order valence-corrected chi connectivity index (χ3v) is 15.8. The van der Waals surface area contributed by atoms with Crippen molar-refractivity contribution >= 4 is 11.9 Å². The van der Waals surface area contributed by atoms with Crippen LogP contribution in [0, 0.1) is 0 Å². The Hall–Kier alpha value is -1.40. The van der Waals surface area contributed by atoms with E-state index in [9.17, 15) is 19.8 Å². The van der Waals surface area contributed by atoms with Gasteiger partial charge in [-0.1, -0.05) is 347 Å². The number of nitrogens with one attached hydrogen (secondary N) is 1. The molecule has 0 aliphatic carbocycles. The predicted molar refractivity (Wildman–Crippen MR) is 320 cm³/mol. The molecule has 0 aliphatic heterocycles. The first-order valence-electron chi connectivity index (χ1n) is 33.5. The van der Waals surface area contributed by atoms with Gasteiger partial charge in [0.05, 0.1) is 25.4 Å².